The summed E-state index contributed by atoms with van der Waals surface area (Å²) in [6.45, 7) is 2.05. The fraction of sp³-hybridized carbons (Fsp3) is 0.250. The van der Waals surface area contributed by atoms with Gasteiger partial charge in [-0.05, 0) is 13.0 Å². The molecular formula is C12H13N5O3. The zero-order valence-corrected chi connectivity index (χ0v) is 10.8. The minimum Gasteiger partial charge on any atom is -0.326 e. The fourth-order valence-electron chi connectivity index (χ4n) is 1.67. The first kappa shape index (κ1) is 13.7. The lowest BCUT2D eigenvalue weighted by molar-refractivity contribution is -0.385. The van der Waals surface area contributed by atoms with E-state index in [4.69, 9.17) is 0 Å². The highest BCUT2D eigenvalue weighted by Crippen LogP contribution is 2.22. The number of nitro groups is 1. The Kier molecular flexibility index (Phi) is 4.04. The highest BCUT2D eigenvalue weighted by molar-refractivity contribution is 5.91. The Morgan fingerprint density at radius 2 is 2.30 bits per heavy atom. The Labute approximate surface area is 114 Å². The first-order valence-corrected chi connectivity index (χ1v) is 5.93. The molecule has 1 N–H and O–H groups in total. The number of carbonyl (C=O) groups is 1. The maximum atomic E-state index is 11.7. The number of anilines is 1. The van der Waals surface area contributed by atoms with Gasteiger partial charge in [0.25, 0.3) is 5.69 Å². The lowest BCUT2D eigenvalue weighted by Crippen LogP contribution is -2.14. The van der Waals surface area contributed by atoms with Crippen LogP contribution < -0.4 is 5.32 Å². The van der Waals surface area contributed by atoms with E-state index in [1.165, 1.54) is 23.4 Å². The molecule has 0 spiro atoms. The smallest absolute Gasteiger partial charge is 0.274 e. The van der Waals surface area contributed by atoms with Crippen molar-refractivity contribution >= 4 is 17.3 Å². The number of aromatic nitrogens is 3. The van der Waals surface area contributed by atoms with Crippen LogP contribution in [0.2, 0.25) is 0 Å². The van der Waals surface area contributed by atoms with Gasteiger partial charge in [0.1, 0.15) is 12.7 Å². The molecule has 0 atom stereocenters. The second-order valence-electron chi connectivity index (χ2n) is 4.22. The Balaban J connectivity index is 1.97. The predicted octanol–water partition coefficient (Wildman–Crippen LogP) is 1.52. The third-order valence-electron chi connectivity index (χ3n) is 2.72. The second kappa shape index (κ2) is 5.91. The Bertz CT molecular complexity index is 624. The zero-order chi connectivity index (χ0) is 14.5. The fourth-order valence-corrected chi connectivity index (χ4v) is 1.67. The van der Waals surface area contributed by atoms with Crippen LogP contribution in [0.15, 0.2) is 30.9 Å². The summed E-state index contributed by atoms with van der Waals surface area (Å²) >= 11 is 0. The molecule has 1 amide bonds. The monoisotopic (exact) mass is 275 g/mol. The topological polar surface area (TPSA) is 103 Å². The maximum absolute atomic E-state index is 11.7. The molecule has 1 aromatic carbocycles. The van der Waals surface area contributed by atoms with Crippen molar-refractivity contribution in [1.82, 2.24) is 14.8 Å². The van der Waals surface area contributed by atoms with Crippen molar-refractivity contribution in [2.24, 2.45) is 0 Å². The van der Waals surface area contributed by atoms with Gasteiger partial charge in [-0.3, -0.25) is 19.6 Å². The van der Waals surface area contributed by atoms with Crippen LogP contribution in [-0.2, 0) is 11.3 Å². The second-order valence-corrected chi connectivity index (χ2v) is 4.22. The van der Waals surface area contributed by atoms with Crippen LogP contribution in [0.3, 0.4) is 0 Å². The molecule has 0 aliphatic rings. The van der Waals surface area contributed by atoms with E-state index in [1.54, 1.807) is 19.1 Å². The van der Waals surface area contributed by atoms with E-state index >= 15 is 0 Å². The van der Waals surface area contributed by atoms with Gasteiger partial charge in [0.15, 0.2) is 0 Å². The summed E-state index contributed by atoms with van der Waals surface area (Å²) < 4.78 is 1.54. The van der Waals surface area contributed by atoms with E-state index in [1.807, 2.05) is 0 Å². The summed E-state index contributed by atoms with van der Waals surface area (Å²) in [7, 11) is 0. The molecule has 0 aliphatic carbocycles. The Hall–Kier alpha value is -2.77. The molecule has 2 rings (SSSR count). The van der Waals surface area contributed by atoms with Gasteiger partial charge in [-0.2, -0.15) is 5.10 Å². The molecule has 2 aromatic rings. The number of hydrogen-bond donors (Lipinski definition) is 1. The van der Waals surface area contributed by atoms with Crippen LogP contribution in [0.5, 0.6) is 0 Å². The van der Waals surface area contributed by atoms with Gasteiger partial charge in [-0.25, -0.2) is 4.98 Å². The molecule has 1 heterocycles. The summed E-state index contributed by atoms with van der Waals surface area (Å²) in [4.78, 5) is 25.8. The van der Waals surface area contributed by atoms with E-state index in [9.17, 15) is 14.9 Å². The van der Waals surface area contributed by atoms with E-state index in [0.29, 0.717) is 17.8 Å². The van der Waals surface area contributed by atoms with Gasteiger partial charge in [0.05, 0.1) is 11.5 Å². The zero-order valence-electron chi connectivity index (χ0n) is 10.8. The summed E-state index contributed by atoms with van der Waals surface area (Å²) in [6, 6.07) is 4.59. The largest absolute Gasteiger partial charge is 0.326 e. The van der Waals surface area contributed by atoms with E-state index < -0.39 is 4.92 Å². The lowest BCUT2D eigenvalue weighted by Gasteiger charge is -2.06. The van der Waals surface area contributed by atoms with Crippen molar-refractivity contribution in [3.63, 3.8) is 0 Å². The Morgan fingerprint density at radius 3 is 2.95 bits per heavy atom. The van der Waals surface area contributed by atoms with E-state index in [2.05, 4.69) is 15.4 Å². The molecule has 1 aromatic heterocycles. The van der Waals surface area contributed by atoms with Crippen molar-refractivity contribution in [3.05, 3.63) is 46.5 Å². The first-order chi connectivity index (χ1) is 9.56. The van der Waals surface area contributed by atoms with Gasteiger partial charge in [-0.15, -0.1) is 0 Å². The normalized spacial score (nSPS) is 10.2. The molecule has 20 heavy (non-hydrogen) atoms. The number of benzene rings is 1. The summed E-state index contributed by atoms with van der Waals surface area (Å²) in [5.41, 5.74) is 0.945. The molecule has 8 nitrogen and oxygen atoms in total. The van der Waals surface area contributed by atoms with Gasteiger partial charge < -0.3 is 5.32 Å². The molecule has 8 heteroatoms. The number of nitrogens with zero attached hydrogens (tertiary/aromatic N) is 4. The van der Waals surface area contributed by atoms with E-state index in [0.717, 1.165) is 0 Å². The molecule has 0 aliphatic heterocycles. The molecule has 0 fully saturated rings. The average Bonchev–Trinajstić information content (AvgIpc) is 2.91. The molecule has 104 valence electrons. The minimum absolute atomic E-state index is 0.0147. The molecule has 0 saturated carbocycles. The summed E-state index contributed by atoms with van der Waals surface area (Å²) in [5.74, 6) is -0.237. The molecule has 0 radical (unpaired) electrons. The quantitative estimate of drug-likeness (QED) is 0.658. The van der Waals surface area contributed by atoms with Crippen molar-refractivity contribution in [1.29, 1.82) is 0 Å². The average molecular weight is 275 g/mol. The molecule has 0 bridgehead atoms. The van der Waals surface area contributed by atoms with Gasteiger partial charge >= 0.3 is 0 Å². The standard InChI is InChI=1S/C12H13N5O3/c1-9-2-3-10(6-11(9)17(19)20)15-12(18)4-5-16-8-13-7-14-16/h2-3,6-8H,4-5H2,1H3,(H,15,18). The number of rotatable bonds is 5. The lowest BCUT2D eigenvalue weighted by atomic mass is 10.2. The summed E-state index contributed by atoms with van der Waals surface area (Å²) in [5, 5.41) is 17.3. The summed E-state index contributed by atoms with van der Waals surface area (Å²) in [6.07, 6.45) is 3.12. The van der Waals surface area contributed by atoms with Gasteiger partial charge in [-0.1, -0.05) is 6.07 Å². The number of nitro benzene ring substituents is 1. The number of hydrogen-bond acceptors (Lipinski definition) is 5. The molecular weight excluding hydrogens is 262 g/mol. The third kappa shape index (κ3) is 3.37. The SMILES string of the molecule is Cc1ccc(NC(=O)CCn2cncn2)cc1[N+](=O)[O-]. The van der Waals surface area contributed by atoms with Crippen LogP contribution in [0.1, 0.15) is 12.0 Å². The number of aryl methyl sites for hydroxylation is 2. The molecule has 0 saturated heterocycles. The number of amides is 1. The van der Waals surface area contributed by atoms with Crippen LogP contribution in [-0.4, -0.2) is 25.6 Å². The van der Waals surface area contributed by atoms with Crippen LogP contribution in [0.25, 0.3) is 0 Å². The number of carbonyl (C=O) groups excluding carboxylic acids is 1. The van der Waals surface area contributed by atoms with E-state index in [-0.39, 0.29) is 18.0 Å². The van der Waals surface area contributed by atoms with Gasteiger partial charge in [0, 0.05) is 23.7 Å². The van der Waals surface area contributed by atoms with Crippen molar-refractivity contribution in [2.75, 3.05) is 5.32 Å². The van der Waals surface area contributed by atoms with Crippen molar-refractivity contribution in [3.8, 4) is 0 Å². The first-order valence-electron chi connectivity index (χ1n) is 5.93. The van der Waals surface area contributed by atoms with Crippen LogP contribution in [0, 0.1) is 17.0 Å². The number of nitrogens with one attached hydrogen (secondary N) is 1. The predicted molar refractivity (Wildman–Crippen MR) is 71.1 cm³/mol. The minimum atomic E-state index is -0.472. The van der Waals surface area contributed by atoms with Gasteiger partial charge in [0.2, 0.25) is 5.91 Å². The molecule has 0 unspecified atom stereocenters. The van der Waals surface area contributed by atoms with Crippen molar-refractivity contribution in [2.45, 2.75) is 19.9 Å². The maximum Gasteiger partial charge on any atom is 0.274 e. The third-order valence-corrected chi connectivity index (χ3v) is 2.72. The Morgan fingerprint density at radius 1 is 1.50 bits per heavy atom. The van der Waals surface area contributed by atoms with Crippen LogP contribution >= 0.6 is 0 Å². The highest BCUT2D eigenvalue weighted by atomic mass is 16.6. The highest BCUT2D eigenvalue weighted by Gasteiger charge is 2.12. The van der Waals surface area contributed by atoms with Crippen molar-refractivity contribution < 1.29 is 9.72 Å². The van der Waals surface area contributed by atoms with Crippen LogP contribution in [0.4, 0.5) is 11.4 Å².